The molecule has 1 aliphatic rings. The lowest BCUT2D eigenvalue weighted by molar-refractivity contribution is -0.126. The summed E-state index contributed by atoms with van der Waals surface area (Å²) in [6, 6.07) is 15.5. The lowest BCUT2D eigenvalue weighted by Crippen LogP contribution is -2.42. The van der Waals surface area contributed by atoms with Gasteiger partial charge >= 0.3 is 0 Å². The smallest absolute Gasteiger partial charge is 0.289 e. The van der Waals surface area contributed by atoms with E-state index in [4.69, 9.17) is 9.15 Å². The number of carbonyl (C=O) groups is 2. The number of ether oxygens (including phenoxy) is 1. The molecule has 29 heavy (non-hydrogen) atoms. The number of carbonyl (C=O) groups excluding carboxylic acids is 2. The van der Waals surface area contributed by atoms with Gasteiger partial charge in [0.1, 0.15) is 5.75 Å². The van der Waals surface area contributed by atoms with Gasteiger partial charge in [-0.3, -0.25) is 9.59 Å². The molecule has 1 aliphatic heterocycles. The van der Waals surface area contributed by atoms with Crippen molar-refractivity contribution in [2.45, 2.75) is 19.4 Å². The quantitative estimate of drug-likeness (QED) is 0.720. The summed E-state index contributed by atoms with van der Waals surface area (Å²) < 4.78 is 10.4. The molecule has 4 rings (SSSR count). The Hall–Kier alpha value is -3.28. The molecule has 1 fully saturated rings. The van der Waals surface area contributed by atoms with Crippen LogP contribution in [0.15, 0.2) is 59.2 Å². The first-order chi connectivity index (χ1) is 14.1. The highest BCUT2D eigenvalue weighted by molar-refractivity contribution is 5.91. The number of fused-ring (bicyclic) bond motifs is 1. The Balaban J connectivity index is 1.30. The Morgan fingerprint density at radius 3 is 2.59 bits per heavy atom. The minimum Gasteiger partial charge on any atom is -0.497 e. The van der Waals surface area contributed by atoms with Gasteiger partial charge in [0.25, 0.3) is 5.91 Å². The molecule has 2 heterocycles. The van der Waals surface area contributed by atoms with Crippen LogP contribution in [0.3, 0.4) is 0 Å². The molecule has 0 bridgehead atoms. The molecular weight excluding hydrogens is 368 g/mol. The van der Waals surface area contributed by atoms with E-state index in [-0.39, 0.29) is 17.7 Å². The lowest BCUT2D eigenvalue weighted by Gasteiger charge is -2.30. The average molecular weight is 392 g/mol. The maximum atomic E-state index is 12.6. The molecule has 0 saturated carbocycles. The van der Waals surface area contributed by atoms with Gasteiger partial charge in [0.2, 0.25) is 5.91 Å². The van der Waals surface area contributed by atoms with Gasteiger partial charge in [-0.15, -0.1) is 0 Å². The van der Waals surface area contributed by atoms with E-state index in [1.165, 1.54) is 6.26 Å². The zero-order valence-corrected chi connectivity index (χ0v) is 16.4. The molecule has 2 amide bonds. The number of hydrogen-bond donors (Lipinski definition) is 1. The minimum atomic E-state index is -0.110. The van der Waals surface area contributed by atoms with E-state index in [1.54, 1.807) is 24.1 Å². The summed E-state index contributed by atoms with van der Waals surface area (Å²) in [6.07, 6.45) is 2.82. The van der Waals surface area contributed by atoms with Crippen LogP contribution in [0.2, 0.25) is 0 Å². The monoisotopic (exact) mass is 392 g/mol. The average Bonchev–Trinajstić information content (AvgIpc) is 3.31. The number of hydrogen-bond acceptors (Lipinski definition) is 4. The molecule has 3 aromatic rings. The van der Waals surface area contributed by atoms with Gasteiger partial charge < -0.3 is 19.4 Å². The Morgan fingerprint density at radius 2 is 1.86 bits per heavy atom. The summed E-state index contributed by atoms with van der Waals surface area (Å²) >= 11 is 0. The van der Waals surface area contributed by atoms with Gasteiger partial charge in [-0.25, -0.2) is 0 Å². The number of piperidine rings is 1. The van der Waals surface area contributed by atoms with E-state index in [0.717, 1.165) is 22.1 Å². The maximum absolute atomic E-state index is 12.6. The number of nitrogens with one attached hydrogen (secondary N) is 1. The molecule has 1 N–H and O–H groups in total. The highest BCUT2D eigenvalue weighted by Gasteiger charge is 2.28. The molecule has 0 radical (unpaired) electrons. The summed E-state index contributed by atoms with van der Waals surface area (Å²) in [7, 11) is 1.66. The summed E-state index contributed by atoms with van der Waals surface area (Å²) in [4.78, 5) is 26.6. The van der Waals surface area contributed by atoms with E-state index < -0.39 is 0 Å². The Kier molecular flexibility index (Phi) is 5.51. The molecule has 0 aliphatic carbocycles. The SMILES string of the molecule is COc1ccc2cc(CNC(=O)C3CCN(C(=O)c4ccco4)CC3)ccc2c1. The Bertz CT molecular complexity index is 1000. The van der Waals surface area contributed by atoms with Crippen LogP contribution in [-0.2, 0) is 11.3 Å². The number of benzene rings is 2. The molecule has 0 atom stereocenters. The van der Waals surface area contributed by atoms with Crippen molar-refractivity contribution in [1.29, 1.82) is 0 Å². The Labute approximate surface area is 169 Å². The number of furan rings is 1. The van der Waals surface area contributed by atoms with Crippen LogP contribution in [0.4, 0.5) is 0 Å². The number of nitrogens with zero attached hydrogens (tertiary/aromatic N) is 1. The van der Waals surface area contributed by atoms with Crippen molar-refractivity contribution in [3.05, 3.63) is 66.1 Å². The van der Waals surface area contributed by atoms with Gasteiger partial charge in [0.15, 0.2) is 5.76 Å². The van der Waals surface area contributed by atoms with Crippen molar-refractivity contribution >= 4 is 22.6 Å². The molecule has 1 aromatic heterocycles. The van der Waals surface area contributed by atoms with Crippen molar-refractivity contribution in [1.82, 2.24) is 10.2 Å². The van der Waals surface area contributed by atoms with Crippen LogP contribution in [0, 0.1) is 5.92 Å². The van der Waals surface area contributed by atoms with Crippen molar-refractivity contribution < 1.29 is 18.7 Å². The van der Waals surface area contributed by atoms with Gasteiger partial charge in [-0.05, 0) is 59.5 Å². The van der Waals surface area contributed by atoms with Gasteiger partial charge in [0, 0.05) is 25.6 Å². The number of methoxy groups -OCH3 is 1. The third-order valence-electron chi connectivity index (χ3n) is 5.46. The zero-order chi connectivity index (χ0) is 20.2. The highest BCUT2D eigenvalue weighted by Crippen LogP contribution is 2.23. The number of rotatable bonds is 5. The van der Waals surface area contributed by atoms with Crippen molar-refractivity contribution in [3.8, 4) is 5.75 Å². The minimum absolute atomic E-state index is 0.0462. The van der Waals surface area contributed by atoms with Crippen LogP contribution in [0.25, 0.3) is 10.8 Å². The van der Waals surface area contributed by atoms with Gasteiger partial charge in [0.05, 0.1) is 13.4 Å². The summed E-state index contributed by atoms with van der Waals surface area (Å²) in [6.45, 7) is 1.62. The fourth-order valence-corrected chi connectivity index (χ4v) is 3.74. The first kappa shape index (κ1) is 19.1. The third-order valence-corrected chi connectivity index (χ3v) is 5.46. The molecule has 2 aromatic carbocycles. The predicted molar refractivity (Wildman–Crippen MR) is 110 cm³/mol. The third kappa shape index (κ3) is 4.26. The van der Waals surface area contributed by atoms with Crippen LogP contribution in [0.1, 0.15) is 29.0 Å². The normalized spacial score (nSPS) is 14.7. The van der Waals surface area contributed by atoms with Crippen molar-refractivity contribution in [3.63, 3.8) is 0 Å². The van der Waals surface area contributed by atoms with Gasteiger partial charge in [-0.1, -0.05) is 18.2 Å². The fourth-order valence-electron chi connectivity index (χ4n) is 3.74. The maximum Gasteiger partial charge on any atom is 0.289 e. The van der Waals surface area contributed by atoms with Crippen LogP contribution in [0.5, 0.6) is 5.75 Å². The Morgan fingerprint density at radius 1 is 1.10 bits per heavy atom. The number of likely N-dealkylation sites (tertiary alicyclic amines) is 1. The summed E-state index contributed by atoms with van der Waals surface area (Å²) in [5, 5.41) is 5.26. The second-order valence-corrected chi connectivity index (χ2v) is 7.31. The first-order valence-corrected chi connectivity index (χ1v) is 9.81. The molecule has 0 spiro atoms. The number of amides is 2. The molecule has 6 nitrogen and oxygen atoms in total. The molecule has 1 saturated heterocycles. The molecule has 0 unspecified atom stereocenters. The molecular formula is C23H24N2O4. The standard InChI is InChI=1S/C23H24N2O4/c1-28-20-7-6-18-13-16(4-5-19(18)14-20)15-24-22(26)17-8-10-25(11-9-17)23(27)21-3-2-12-29-21/h2-7,12-14,17H,8-11,15H2,1H3,(H,24,26). The van der Waals surface area contributed by atoms with Gasteiger partial charge in [-0.2, -0.15) is 0 Å². The zero-order valence-electron chi connectivity index (χ0n) is 16.4. The molecule has 150 valence electrons. The van der Waals surface area contributed by atoms with Crippen molar-refractivity contribution in [2.24, 2.45) is 5.92 Å². The second kappa shape index (κ2) is 8.39. The predicted octanol–water partition coefficient (Wildman–Crippen LogP) is 3.61. The summed E-state index contributed by atoms with van der Waals surface area (Å²) in [5.41, 5.74) is 1.06. The molecule has 6 heteroatoms. The van der Waals surface area contributed by atoms with Crippen molar-refractivity contribution in [2.75, 3.05) is 20.2 Å². The van der Waals surface area contributed by atoms with E-state index in [1.807, 2.05) is 30.3 Å². The van der Waals surface area contributed by atoms with Crippen LogP contribution >= 0.6 is 0 Å². The van der Waals surface area contributed by atoms with E-state index in [2.05, 4.69) is 11.4 Å². The fraction of sp³-hybridized carbons (Fsp3) is 0.304. The van der Waals surface area contributed by atoms with E-state index in [9.17, 15) is 9.59 Å². The van der Waals surface area contributed by atoms with E-state index in [0.29, 0.717) is 38.2 Å². The topological polar surface area (TPSA) is 71.8 Å². The van der Waals surface area contributed by atoms with E-state index >= 15 is 0 Å². The van der Waals surface area contributed by atoms with Crippen LogP contribution < -0.4 is 10.1 Å². The first-order valence-electron chi connectivity index (χ1n) is 9.81. The lowest BCUT2D eigenvalue weighted by atomic mass is 9.95. The van der Waals surface area contributed by atoms with Crippen LogP contribution in [-0.4, -0.2) is 36.9 Å². The summed E-state index contributed by atoms with van der Waals surface area (Å²) in [5.74, 6) is 1.05. The highest BCUT2D eigenvalue weighted by atomic mass is 16.5. The largest absolute Gasteiger partial charge is 0.497 e. The second-order valence-electron chi connectivity index (χ2n) is 7.31.